The fourth-order valence-corrected chi connectivity index (χ4v) is 2.17. The average Bonchev–Trinajstić information content (AvgIpc) is 2.75. The molecule has 4 nitrogen and oxygen atoms in total. The number of carbonyl (C=O) groups excluding carboxylic acids is 1. The summed E-state index contributed by atoms with van der Waals surface area (Å²) >= 11 is 0. The lowest BCUT2D eigenvalue weighted by Crippen LogP contribution is -2.36. The van der Waals surface area contributed by atoms with Crippen LogP contribution in [0.15, 0.2) is 12.2 Å². The van der Waals surface area contributed by atoms with E-state index in [1.54, 1.807) is 0 Å². The maximum atomic E-state index is 11.2. The molecular weight excluding hydrogens is 184 g/mol. The maximum absolute atomic E-state index is 11.2. The molecule has 0 aromatic heterocycles. The van der Waals surface area contributed by atoms with Crippen LogP contribution in [0.1, 0.15) is 19.3 Å². The van der Waals surface area contributed by atoms with Gasteiger partial charge in [0.2, 0.25) is 0 Å². The zero-order valence-electron chi connectivity index (χ0n) is 7.85. The van der Waals surface area contributed by atoms with E-state index in [9.17, 15) is 4.79 Å². The van der Waals surface area contributed by atoms with Crippen LogP contribution in [-0.4, -0.2) is 34.5 Å². The Hall–Kier alpha value is -0.870. The Bertz CT molecular complexity index is 273. The standard InChI is InChI=1S/C10H14O4/c11-6-8(12)9(13)14-10-3-1-7(5-10)2-4-10/h1,3,7-8,11-12H,2,4-6H2. The summed E-state index contributed by atoms with van der Waals surface area (Å²) in [6, 6.07) is 0. The van der Waals surface area contributed by atoms with Gasteiger partial charge in [-0.25, -0.2) is 4.79 Å². The van der Waals surface area contributed by atoms with Crippen molar-refractivity contribution in [3.63, 3.8) is 0 Å². The van der Waals surface area contributed by atoms with Crippen LogP contribution >= 0.6 is 0 Å². The molecule has 0 radical (unpaired) electrons. The summed E-state index contributed by atoms with van der Waals surface area (Å²) in [4.78, 5) is 11.2. The first kappa shape index (κ1) is 9.68. The van der Waals surface area contributed by atoms with Crippen molar-refractivity contribution in [2.45, 2.75) is 31.0 Å². The summed E-state index contributed by atoms with van der Waals surface area (Å²) in [7, 11) is 0. The first-order chi connectivity index (χ1) is 6.65. The van der Waals surface area contributed by atoms with Crippen molar-refractivity contribution in [2.24, 2.45) is 5.92 Å². The van der Waals surface area contributed by atoms with Gasteiger partial charge >= 0.3 is 5.97 Å². The number of aliphatic hydroxyl groups excluding tert-OH is 2. The van der Waals surface area contributed by atoms with E-state index in [0.717, 1.165) is 19.3 Å². The minimum atomic E-state index is -1.41. The second kappa shape index (κ2) is 3.37. The third-order valence-electron chi connectivity index (χ3n) is 2.97. The predicted octanol–water partition coefficient (Wildman–Crippen LogP) is -0.00850. The van der Waals surface area contributed by atoms with Crippen LogP contribution in [0, 0.1) is 5.92 Å². The second-order valence-electron chi connectivity index (χ2n) is 4.05. The molecule has 14 heavy (non-hydrogen) atoms. The van der Waals surface area contributed by atoms with E-state index in [1.165, 1.54) is 0 Å². The summed E-state index contributed by atoms with van der Waals surface area (Å²) in [6.45, 7) is -0.581. The van der Waals surface area contributed by atoms with Gasteiger partial charge in [-0.05, 0) is 31.3 Å². The Morgan fingerprint density at radius 1 is 1.71 bits per heavy atom. The molecule has 0 amide bonds. The fraction of sp³-hybridized carbons (Fsp3) is 0.700. The number of rotatable bonds is 3. The SMILES string of the molecule is O=C(OC12C=CC(CC1)C2)C(O)CO. The third-order valence-corrected chi connectivity index (χ3v) is 2.97. The van der Waals surface area contributed by atoms with Gasteiger partial charge in [0.05, 0.1) is 6.61 Å². The van der Waals surface area contributed by atoms with E-state index in [-0.39, 0.29) is 0 Å². The molecule has 1 fully saturated rings. The fourth-order valence-electron chi connectivity index (χ4n) is 2.17. The van der Waals surface area contributed by atoms with Crippen molar-refractivity contribution in [1.29, 1.82) is 0 Å². The molecular formula is C10H14O4. The monoisotopic (exact) mass is 198 g/mol. The van der Waals surface area contributed by atoms with E-state index in [1.807, 2.05) is 6.08 Å². The molecule has 4 heteroatoms. The van der Waals surface area contributed by atoms with Crippen molar-refractivity contribution in [1.82, 2.24) is 0 Å². The molecule has 3 atom stereocenters. The number of aliphatic hydroxyl groups is 2. The summed E-state index contributed by atoms with van der Waals surface area (Å²) in [5, 5.41) is 17.6. The molecule has 2 N–H and O–H groups in total. The highest BCUT2D eigenvalue weighted by Gasteiger charge is 2.44. The lowest BCUT2D eigenvalue weighted by atomic mass is 10.0. The highest BCUT2D eigenvalue weighted by molar-refractivity contribution is 5.75. The van der Waals surface area contributed by atoms with Crippen LogP contribution < -0.4 is 0 Å². The van der Waals surface area contributed by atoms with Crippen LogP contribution in [-0.2, 0) is 9.53 Å². The lowest BCUT2D eigenvalue weighted by Gasteiger charge is -2.24. The van der Waals surface area contributed by atoms with Crippen LogP contribution in [0.2, 0.25) is 0 Å². The molecule has 0 aliphatic heterocycles. The summed E-state index contributed by atoms with van der Waals surface area (Å²) in [5.74, 6) is -0.200. The Morgan fingerprint density at radius 2 is 2.50 bits per heavy atom. The second-order valence-corrected chi connectivity index (χ2v) is 4.05. The molecule has 0 aromatic carbocycles. The average molecular weight is 198 g/mol. The Morgan fingerprint density at radius 3 is 2.93 bits per heavy atom. The molecule has 2 rings (SSSR count). The van der Waals surface area contributed by atoms with E-state index < -0.39 is 24.3 Å². The molecule has 2 aliphatic carbocycles. The Labute approximate surface area is 82.2 Å². The number of ether oxygens (including phenoxy) is 1. The quantitative estimate of drug-likeness (QED) is 0.494. The zero-order valence-corrected chi connectivity index (χ0v) is 7.85. The molecule has 3 unspecified atom stereocenters. The van der Waals surface area contributed by atoms with Crippen molar-refractivity contribution < 1.29 is 19.7 Å². The molecule has 0 saturated heterocycles. The topological polar surface area (TPSA) is 66.8 Å². The lowest BCUT2D eigenvalue weighted by molar-refractivity contribution is -0.166. The normalized spacial score (nSPS) is 36.0. The number of esters is 1. The Balaban J connectivity index is 1.97. The largest absolute Gasteiger partial charge is 0.453 e. The van der Waals surface area contributed by atoms with Gasteiger partial charge in [0.25, 0.3) is 0 Å². The van der Waals surface area contributed by atoms with Crippen LogP contribution in [0.25, 0.3) is 0 Å². The van der Waals surface area contributed by atoms with Gasteiger partial charge in [-0.1, -0.05) is 6.08 Å². The summed E-state index contributed by atoms with van der Waals surface area (Å²) in [6.07, 6.45) is 5.26. The van der Waals surface area contributed by atoms with Gasteiger partial charge in [0.1, 0.15) is 5.60 Å². The first-order valence-corrected chi connectivity index (χ1v) is 4.86. The van der Waals surface area contributed by atoms with Crippen molar-refractivity contribution in [3.05, 3.63) is 12.2 Å². The molecule has 0 spiro atoms. The molecule has 2 bridgehead atoms. The zero-order chi connectivity index (χ0) is 10.2. The molecule has 0 heterocycles. The number of hydrogen-bond acceptors (Lipinski definition) is 4. The highest BCUT2D eigenvalue weighted by atomic mass is 16.6. The number of allylic oxidation sites excluding steroid dienone is 1. The van der Waals surface area contributed by atoms with E-state index in [4.69, 9.17) is 14.9 Å². The van der Waals surface area contributed by atoms with Gasteiger partial charge in [-0.2, -0.15) is 0 Å². The summed E-state index contributed by atoms with van der Waals surface area (Å²) < 4.78 is 5.21. The first-order valence-electron chi connectivity index (χ1n) is 4.86. The Kier molecular flexibility index (Phi) is 2.33. The van der Waals surface area contributed by atoms with Crippen LogP contribution in [0.3, 0.4) is 0 Å². The van der Waals surface area contributed by atoms with E-state index in [2.05, 4.69) is 6.08 Å². The maximum Gasteiger partial charge on any atom is 0.338 e. The summed E-state index contributed by atoms with van der Waals surface area (Å²) in [5.41, 5.74) is -0.488. The molecule has 78 valence electrons. The molecule has 0 aromatic rings. The van der Waals surface area contributed by atoms with Crippen LogP contribution in [0.5, 0.6) is 0 Å². The smallest absolute Gasteiger partial charge is 0.338 e. The predicted molar refractivity (Wildman–Crippen MR) is 48.4 cm³/mol. The van der Waals surface area contributed by atoms with Gasteiger partial charge in [0, 0.05) is 0 Å². The number of carbonyl (C=O) groups is 1. The minimum absolute atomic E-state index is 0.488. The van der Waals surface area contributed by atoms with Gasteiger partial charge in [0.15, 0.2) is 6.10 Å². The van der Waals surface area contributed by atoms with Crippen molar-refractivity contribution in [3.8, 4) is 0 Å². The molecule has 2 aliphatic rings. The highest BCUT2D eigenvalue weighted by Crippen LogP contribution is 2.44. The van der Waals surface area contributed by atoms with Gasteiger partial charge in [-0.15, -0.1) is 0 Å². The molecule has 1 saturated carbocycles. The van der Waals surface area contributed by atoms with E-state index >= 15 is 0 Å². The van der Waals surface area contributed by atoms with Gasteiger partial charge in [-0.3, -0.25) is 0 Å². The van der Waals surface area contributed by atoms with E-state index in [0.29, 0.717) is 5.92 Å². The van der Waals surface area contributed by atoms with Crippen LogP contribution in [0.4, 0.5) is 0 Å². The van der Waals surface area contributed by atoms with Crippen molar-refractivity contribution in [2.75, 3.05) is 6.61 Å². The van der Waals surface area contributed by atoms with Crippen molar-refractivity contribution >= 4 is 5.97 Å². The number of hydrogen-bond donors (Lipinski definition) is 2. The minimum Gasteiger partial charge on any atom is -0.453 e. The third kappa shape index (κ3) is 1.55. The van der Waals surface area contributed by atoms with Gasteiger partial charge < -0.3 is 14.9 Å². The number of fused-ring (bicyclic) bond motifs is 2.